The lowest BCUT2D eigenvalue weighted by Gasteiger charge is -2.12. The number of fused-ring (bicyclic) bond motifs is 1. The van der Waals surface area contributed by atoms with Gasteiger partial charge in [-0.3, -0.25) is 4.98 Å². The Kier molecular flexibility index (Phi) is 2.88. The first-order valence-electron chi connectivity index (χ1n) is 6.14. The Hall–Kier alpha value is -1.67. The lowest BCUT2D eigenvalue weighted by molar-refractivity contribution is 0.538. The van der Waals surface area contributed by atoms with E-state index in [9.17, 15) is 0 Å². The SMILES string of the molecule is C1=CCC(NCc2ccc3ncccc3c2)C1. The molecule has 1 heterocycles. The summed E-state index contributed by atoms with van der Waals surface area (Å²) < 4.78 is 0. The Labute approximate surface area is 101 Å². The third kappa shape index (κ3) is 2.37. The molecule has 0 spiro atoms. The molecule has 0 radical (unpaired) electrons. The maximum atomic E-state index is 4.33. The van der Waals surface area contributed by atoms with Crippen LogP contribution in [0.3, 0.4) is 0 Å². The molecule has 2 heteroatoms. The molecule has 1 aromatic carbocycles. The summed E-state index contributed by atoms with van der Waals surface area (Å²) in [5, 5.41) is 4.80. The molecule has 1 aliphatic rings. The maximum Gasteiger partial charge on any atom is 0.0702 e. The van der Waals surface area contributed by atoms with Gasteiger partial charge in [-0.05, 0) is 36.6 Å². The van der Waals surface area contributed by atoms with E-state index in [0.29, 0.717) is 6.04 Å². The number of nitrogens with zero attached hydrogens (tertiary/aromatic N) is 1. The Balaban J connectivity index is 1.72. The van der Waals surface area contributed by atoms with E-state index < -0.39 is 0 Å². The van der Waals surface area contributed by atoms with Crippen molar-refractivity contribution in [2.24, 2.45) is 0 Å². The third-order valence-corrected chi connectivity index (χ3v) is 3.27. The number of aromatic nitrogens is 1. The van der Waals surface area contributed by atoms with Crippen LogP contribution in [-0.2, 0) is 6.54 Å². The molecule has 0 aliphatic heterocycles. The second kappa shape index (κ2) is 4.68. The van der Waals surface area contributed by atoms with Gasteiger partial charge in [-0.1, -0.05) is 24.3 Å². The normalized spacial score (nSPS) is 15.8. The molecule has 0 atom stereocenters. The molecule has 17 heavy (non-hydrogen) atoms. The number of rotatable bonds is 3. The van der Waals surface area contributed by atoms with Crippen LogP contribution in [0, 0.1) is 0 Å². The molecular weight excluding hydrogens is 208 g/mol. The van der Waals surface area contributed by atoms with Crippen LogP contribution < -0.4 is 5.32 Å². The first-order valence-corrected chi connectivity index (χ1v) is 6.14. The van der Waals surface area contributed by atoms with E-state index in [0.717, 1.165) is 24.9 Å². The highest BCUT2D eigenvalue weighted by atomic mass is 14.9. The lowest BCUT2D eigenvalue weighted by atomic mass is 10.1. The summed E-state index contributed by atoms with van der Waals surface area (Å²) >= 11 is 0. The Bertz CT molecular complexity index is 537. The molecule has 0 unspecified atom stereocenters. The van der Waals surface area contributed by atoms with Gasteiger partial charge in [-0.25, -0.2) is 0 Å². The standard InChI is InChI=1S/C15H16N2/c1-2-6-14(5-1)17-11-12-7-8-15-13(10-12)4-3-9-16-15/h1-4,7-10,14,17H,5-6,11H2. The van der Waals surface area contributed by atoms with Gasteiger partial charge in [-0.2, -0.15) is 0 Å². The van der Waals surface area contributed by atoms with E-state index >= 15 is 0 Å². The van der Waals surface area contributed by atoms with Crippen molar-refractivity contribution in [1.82, 2.24) is 10.3 Å². The summed E-state index contributed by atoms with van der Waals surface area (Å²) in [5.74, 6) is 0. The molecule has 1 aliphatic carbocycles. The zero-order valence-corrected chi connectivity index (χ0v) is 9.76. The van der Waals surface area contributed by atoms with Crippen molar-refractivity contribution in [3.63, 3.8) is 0 Å². The van der Waals surface area contributed by atoms with Crippen LogP contribution >= 0.6 is 0 Å². The minimum Gasteiger partial charge on any atom is -0.309 e. The highest BCUT2D eigenvalue weighted by Gasteiger charge is 2.08. The highest BCUT2D eigenvalue weighted by Crippen LogP contribution is 2.14. The monoisotopic (exact) mass is 224 g/mol. The van der Waals surface area contributed by atoms with Gasteiger partial charge in [-0.15, -0.1) is 0 Å². The van der Waals surface area contributed by atoms with E-state index in [-0.39, 0.29) is 0 Å². The molecule has 1 N–H and O–H groups in total. The van der Waals surface area contributed by atoms with Crippen molar-refractivity contribution in [2.75, 3.05) is 0 Å². The van der Waals surface area contributed by atoms with E-state index in [1.807, 2.05) is 12.3 Å². The predicted molar refractivity (Wildman–Crippen MR) is 70.7 cm³/mol. The van der Waals surface area contributed by atoms with E-state index in [4.69, 9.17) is 0 Å². The molecule has 86 valence electrons. The van der Waals surface area contributed by atoms with Crippen LogP contribution in [0.1, 0.15) is 18.4 Å². The number of pyridine rings is 1. The van der Waals surface area contributed by atoms with Crippen LogP contribution in [-0.4, -0.2) is 11.0 Å². The van der Waals surface area contributed by atoms with Crippen molar-refractivity contribution in [2.45, 2.75) is 25.4 Å². The van der Waals surface area contributed by atoms with Gasteiger partial charge in [0.1, 0.15) is 0 Å². The van der Waals surface area contributed by atoms with Gasteiger partial charge in [0.25, 0.3) is 0 Å². The first kappa shape index (κ1) is 10.5. The Morgan fingerprint density at radius 1 is 1.18 bits per heavy atom. The number of hydrogen-bond acceptors (Lipinski definition) is 2. The minimum absolute atomic E-state index is 0.625. The fourth-order valence-corrected chi connectivity index (χ4v) is 2.28. The van der Waals surface area contributed by atoms with Crippen LogP contribution in [0.5, 0.6) is 0 Å². The molecule has 0 amide bonds. The molecule has 2 aromatic rings. The molecular formula is C15H16N2. The average molecular weight is 224 g/mol. The second-order valence-electron chi connectivity index (χ2n) is 4.55. The van der Waals surface area contributed by atoms with Crippen molar-refractivity contribution >= 4 is 10.9 Å². The molecule has 1 aromatic heterocycles. The molecule has 2 nitrogen and oxygen atoms in total. The molecule has 3 rings (SSSR count). The zero-order chi connectivity index (χ0) is 11.5. The van der Waals surface area contributed by atoms with Crippen molar-refractivity contribution in [3.05, 3.63) is 54.2 Å². The maximum absolute atomic E-state index is 4.33. The summed E-state index contributed by atoms with van der Waals surface area (Å²) in [7, 11) is 0. The Morgan fingerprint density at radius 2 is 2.06 bits per heavy atom. The second-order valence-corrected chi connectivity index (χ2v) is 4.55. The van der Waals surface area contributed by atoms with Gasteiger partial charge >= 0.3 is 0 Å². The van der Waals surface area contributed by atoms with Gasteiger partial charge in [0.15, 0.2) is 0 Å². The average Bonchev–Trinajstić information content (AvgIpc) is 2.89. The quantitative estimate of drug-likeness (QED) is 0.810. The first-order chi connectivity index (χ1) is 8.42. The zero-order valence-electron chi connectivity index (χ0n) is 9.76. The lowest BCUT2D eigenvalue weighted by Crippen LogP contribution is -2.25. The highest BCUT2D eigenvalue weighted by molar-refractivity contribution is 5.78. The van der Waals surface area contributed by atoms with Gasteiger partial charge in [0.2, 0.25) is 0 Å². The van der Waals surface area contributed by atoms with Crippen LogP contribution in [0.2, 0.25) is 0 Å². The van der Waals surface area contributed by atoms with E-state index in [1.54, 1.807) is 0 Å². The van der Waals surface area contributed by atoms with Crippen molar-refractivity contribution in [3.8, 4) is 0 Å². The number of nitrogens with one attached hydrogen (secondary N) is 1. The smallest absolute Gasteiger partial charge is 0.0702 e. The van der Waals surface area contributed by atoms with E-state index in [2.05, 4.69) is 46.7 Å². The number of benzene rings is 1. The molecule has 0 saturated heterocycles. The fourth-order valence-electron chi connectivity index (χ4n) is 2.28. The fraction of sp³-hybridized carbons (Fsp3) is 0.267. The summed E-state index contributed by atoms with van der Waals surface area (Å²) in [6, 6.07) is 11.2. The predicted octanol–water partition coefficient (Wildman–Crippen LogP) is 3.04. The van der Waals surface area contributed by atoms with Crippen molar-refractivity contribution in [1.29, 1.82) is 0 Å². The summed E-state index contributed by atoms with van der Waals surface area (Å²) in [6.45, 7) is 0.942. The Morgan fingerprint density at radius 3 is 2.94 bits per heavy atom. The largest absolute Gasteiger partial charge is 0.309 e. The summed E-state index contributed by atoms with van der Waals surface area (Å²) in [5.41, 5.74) is 2.40. The molecule has 0 bridgehead atoms. The van der Waals surface area contributed by atoms with Crippen LogP contribution in [0.4, 0.5) is 0 Å². The van der Waals surface area contributed by atoms with Gasteiger partial charge in [0, 0.05) is 24.2 Å². The minimum atomic E-state index is 0.625. The topological polar surface area (TPSA) is 24.9 Å². The van der Waals surface area contributed by atoms with Gasteiger partial charge < -0.3 is 5.32 Å². The summed E-state index contributed by atoms with van der Waals surface area (Å²) in [6.07, 6.45) is 8.67. The number of hydrogen-bond donors (Lipinski definition) is 1. The summed E-state index contributed by atoms with van der Waals surface area (Å²) in [4.78, 5) is 4.33. The third-order valence-electron chi connectivity index (χ3n) is 3.27. The van der Waals surface area contributed by atoms with E-state index in [1.165, 1.54) is 10.9 Å². The van der Waals surface area contributed by atoms with Gasteiger partial charge in [0.05, 0.1) is 5.52 Å². The molecule has 0 fully saturated rings. The van der Waals surface area contributed by atoms with Crippen LogP contribution in [0.25, 0.3) is 10.9 Å². The van der Waals surface area contributed by atoms with Crippen LogP contribution in [0.15, 0.2) is 48.7 Å². The molecule has 0 saturated carbocycles. The van der Waals surface area contributed by atoms with Crippen molar-refractivity contribution < 1.29 is 0 Å².